The molecule has 0 atom stereocenters. The molecule has 6 heteroatoms. The van der Waals surface area contributed by atoms with Crippen LogP contribution in [0.1, 0.15) is 12.0 Å². The number of aliphatic carboxylic acids is 2. The number of benzene rings is 1. The van der Waals surface area contributed by atoms with Crippen molar-refractivity contribution in [2.75, 3.05) is 0 Å². The van der Waals surface area contributed by atoms with Crippen molar-refractivity contribution in [3.05, 3.63) is 52.2 Å². The Morgan fingerprint density at radius 2 is 1.84 bits per heavy atom. The predicted octanol–water partition coefficient (Wildman–Crippen LogP) is 2.10. The second kappa shape index (κ2) is 5.16. The van der Waals surface area contributed by atoms with Crippen LogP contribution in [-0.2, 0) is 9.59 Å². The third-order valence-electron chi connectivity index (χ3n) is 2.74. The van der Waals surface area contributed by atoms with E-state index in [0.29, 0.717) is 16.3 Å². The molecule has 0 aromatic heterocycles. The summed E-state index contributed by atoms with van der Waals surface area (Å²) in [6, 6.07) is 6.77. The number of dihydropyridines is 1. The van der Waals surface area contributed by atoms with Crippen LogP contribution in [0.5, 0.6) is 0 Å². The molecule has 1 aliphatic rings. The fraction of sp³-hybridized carbons (Fsp3) is 0.0769. The Bertz CT molecular complexity index is 619. The Morgan fingerprint density at radius 3 is 2.42 bits per heavy atom. The lowest BCUT2D eigenvalue weighted by atomic mass is 9.97. The molecule has 3 N–H and O–H groups in total. The van der Waals surface area contributed by atoms with Gasteiger partial charge in [-0.2, -0.15) is 0 Å². The Morgan fingerprint density at radius 1 is 1.16 bits per heavy atom. The SMILES string of the molecule is O=C(O)C1=CNC(c2ccccc2Cl)=C(C(=O)O)C1. The lowest BCUT2D eigenvalue weighted by Gasteiger charge is -2.19. The van der Waals surface area contributed by atoms with Crippen molar-refractivity contribution in [2.24, 2.45) is 0 Å². The topological polar surface area (TPSA) is 86.6 Å². The van der Waals surface area contributed by atoms with Gasteiger partial charge in [-0.15, -0.1) is 0 Å². The van der Waals surface area contributed by atoms with Gasteiger partial charge in [0.15, 0.2) is 0 Å². The molecule has 5 nitrogen and oxygen atoms in total. The number of halogens is 1. The van der Waals surface area contributed by atoms with Crippen LogP contribution < -0.4 is 5.32 Å². The molecule has 1 heterocycles. The number of nitrogens with one attached hydrogen (secondary N) is 1. The van der Waals surface area contributed by atoms with Gasteiger partial charge >= 0.3 is 11.9 Å². The highest BCUT2D eigenvalue weighted by Crippen LogP contribution is 2.29. The molecular formula is C13H10ClNO4. The molecule has 0 spiro atoms. The molecule has 0 saturated heterocycles. The van der Waals surface area contributed by atoms with Gasteiger partial charge in [0, 0.05) is 23.2 Å². The summed E-state index contributed by atoms with van der Waals surface area (Å²) in [7, 11) is 0. The molecule has 1 aliphatic heterocycles. The summed E-state index contributed by atoms with van der Waals surface area (Å²) in [5, 5.41) is 21.2. The minimum Gasteiger partial charge on any atom is -0.478 e. The second-order valence-corrected chi connectivity index (χ2v) is 4.34. The minimum absolute atomic E-state index is 0.00629. The van der Waals surface area contributed by atoms with Crippen LogP contribution in [0.15, 0.2) is 41.6 Å². The van der Waals surface area contributed by atoms with E-state index in [2.05, 4.69) is 5.32 Å². The normalized spacial score (nSPS) is 14.7. The number of hydrogen-bond acceptors (Lipinski definition) is 3. The van der Waals surface area contributed by atoms with E-state index in [9.17, 15) is 14.7 Å². The smallest absolute Gasteiger partial charge is 0.334 e. The van der Waals surface area contributed by atoms with Crippen LogP contribution >= 0.6 is 11.6 Å². The van der Waals surface area contributed by atoms with E-state index in [1.165, 1.54) is 6.20 Å². The van der Waals surface area contributed by atoms with Crippen molar-refractivity contribution in [1.29, 1.82) is 0 Å². The molecule has 0 aliphatic carbocycles. The number of carboxylic acids is 2. The van der Waals surface area contributed by atoms with E-state index in [-0.39, 0.29) is 17.6 Å². The standard InChI is InChI=1S/C13H10ClNO4/c14-10-4-2-1-3-8(10)11-9(13(18)19)5-7(6-15-11)12(16)17/h1-4,6,15H,5H2,(H,16,17)(H,18,19). The zero-order valence-corrected chi connectivity index (χ0v) is 10.4. The van der Waals surface area contributed by atoms with Gasteiger partial charge in [-0.25, -0.2) is 9.59 Å². The first-order valence-electron chi connectivity index (χ1n) is 5.41. The number of carboxylic acid groups (broad SMARTS) is 2. The molecule has 0 fully saturated rings. The van der Waals surface area contributed by atoms with Crippen molar-refractivity contribution in [3.63, 3.8) is 0 Å². The summed E-state index contributed by atoms with van der Waals surface area (Å²) < 4.78 is 0. The van der Waals surface area contributed by atoms with Crippen molar-refractivity contribution in [3.8, 4) is 0 Å². The fourth-order valence-corrected chi connectivity index (χ4v) is 2.03. The maximum absolute atomic E-state index is 11.3. The van der Waals surface area contributed by atoms with Crippen molar-refractivity contribution < 1.29 is 19.8 Å². The monoisotopic (exact) mass is 279 g/mol. The zero-order chi connectivity index (χ0) is 14.0. The van der Waals surface area contributed by atoms with Gasteiger partial charge in [0.1, 0.15) is 0 Å². The second-order valence-electron chi connectivity index (χ2n) is 3.93. The van der Waals surface area contributed by atoms with Crippen LogP contribution in [-0.4, -0.2) is 22.2 Å². The van der Waals surface area contributed by atoms with Gasteiger partial charge in [-0.05, 0) is 6.07 Å². The molecule has 0 saturated carbocycles. The fourth-order valence-electron chi connectivity index (χ4n) is 1.80. The average Bonchev–Trinajstić information content (AvgIpc) is 2.38. The van der Waals surface area contributed by atoms with Gasteiger partial charge in [-0.1, -0.05) is 29.8 Å². The largest absolute Gasteiger partial charge is 0.478 e. The van der Waals surface area contributed by atoms with Crippen LogP contribution in [0.2, 0.25) is 5.02 Å². The van der Waals surface area contributed by atoms with E-state index < -0.39 is 11.9 Å². The third kappa shape index (κ3) is 2.61. The van der Waals surface area contributed by atoms with Gasteiger partial charge in [-0.3, -0.25) is 0 Å². The molecule has 0 bridgehead atoms. The first-order chi connectivity index (χ1) is 9.00. The summed E-state index contributed by atoms with van der Waals surface area (Å²) >= 11 is 6.02. The number of rotatable bonds is 3. The molecule has 0 amide bonds. The van der Waals surface area contributed by atoms with Crippen molar-refractivity contribution >= 4 is 29.2 Å². The Labute approximate surface area is 113 Å². The van der Waals surface area contributed by atoms with E-state index in [0.717, 1.165) is 0 Å². The quantitative estimate of drug-likeness (QED) is 0.789. The highest BCUT2D eigenvalue weighted by Gasteiger charge is 2.24. The average molecular weight is 280 g/mol. The Balaban J connectivity index is 2.49. The number of hydrogen-bond donors (Lipinski definition) is 3. The summed E-state index contributed by atoms with van der Waals surface area (Å²) in [6.07, 6.45) is 1.13. The van der Waals surface area contributed by atoms with Crippen LogP contribution in [0.3, 0.4) is 0 Å². The Hall–Kier alpha value is -2.27. The van der Waals surface area contributed by atoms with Gasteiger partial charge in [0.2, 0.25) is 0 Å². The third-order valence-corrected chi connectivity index (χ3v) is 3.07. The molecule has 19 heavy (non-hydrogen) atoms. The summed E-state index contributed by atoms with van der Waals surface area (Å²) in [4.78, 5) is 22.1. The molecule has 0 unspecified atom stereocenters. The molecule has 1 aromatic rings. The molecule has 0 radical (unpaired) electrons. The van der Waals surface area contributed by atoms with E-state index in [4.69, 9.17) is 16.7 Å². The minimum atomic E-state index is -1.17. The van der Waals surface area contributed by atoms with E-state index >= 15 is 0 Å². The summed E-state index contributed by atoms with van der Waals surface area (Å²) in [5.74, 6) is -2.32. The van der Waals surface area contributed by atoms with Crippen molar-refractivity contribution in [1.82, 2.24) is 5.32 Å². The highest BCUT2D eigenvalue weighted by molar-refractivity contribution is 6.32. The highest BCUT2D eigenvalue weighted by atomic mass is 35.5. The zero-order valence-electron chi connectivity index (χ0n) is 9.68. The molecule has 98 valence electrons. The van der Waals surface area contributed by atoms with Crippen LogP contribution in [0.4, 0.5) is 0 Å². The Kier molecular flexibility index (Phi) is 3.57. The summed E-state index contributed by atoms with van der Waals surface area (Å²) in [5.41, 5.74) is 0.826. The van der Waals surface area contributed by atoms with Crippen molar-refractivity contribution in [2.45, 2.75) is 6.42 Å². The van der Waals surface area contributed by atoms with E-state index in [1.54, 1.807) is 24.3 Å². The summed E-state index contributed by atoms with van der Waals surface area (Å²) in [6.45, 7) is 0. The first kappa shape index (κ1) is 13.2. The first-order valence-corrected chi connectivity index (χ1v) is 5.78. The van der Waals surface area contributed by atoms with Gasteiger partial charge in [0.05, 0.1) is 16.8 Å². The maximum atomic E-state index is 11.3. The molecule has 1 aromatic carbocycles. The maximum Gasteiger partial charge on any atom is 0.334 e. The van der Waals surface area contributed by atoms with E-state index in [1.807, 2.05) is 0 Å². The van der Waals surface area contributed by atoms with Crippen LogP contribution in [0.25, 0.3) is 5.70 Å². The molecule has 2 rings (SSSR count). The predicted molar refractivity (Wildman–Crippen MR) is 69.5 cm³/mol. The lowest BCUT2D eigenvalue weighted by Crippen LogP contribution is -2.21. The molecular weight excluding hydrogens is 270 g/mol. The van der Waals surface area contributed by atoms with Gasteiger partial charge < -0.3 is 15.5 Å². The van der Waals surface area contributed by atoms with Gasteiger partial charge in [0.25, 0.3) is 0 Å². The number of carbonyl (C=O) groups is 2. The van der Waals surface area contributed by atoms with Crippen LogP contribution in [0, 0.1) is 0 Å². The lowest BCUT2D eigenvalue weighted by molar-refractivity contribution is -0.133.